The van der Waals surface area contributed by atoms with E-state index >= 15 is 0 Å². The van der Waals surface area contributed by atoms with Crippen molar-refractivity contribution in [2.45, 2.75) is 6.92 Å². The van der Waals surface area contributed by atoms with Gasteiger partial charge in [0, 0.05) is 29.6 Å². The number of rotatable bonds is 2. The van der Waals surface area contributed by atoms with Crippen LogP contribution in [-0.4, -0.2) is 4.98 Å². The number of nitrogens with zero attached hydrogens (tertiary/aromatic N) is 2. The van der Waals surface area contributed by atoms with E-state index < -0.39 is 0 Å². The minimum atomic E-state index is 1.14. The van der Waals surface area contributed by atoms with Crippen LogP contribution in [0.3, 0.4) is 0 Å². The maximum atomic E-state index is 4.23. The summed E-state index contributed by atoms with van der Waals surface area (Å²) in [4.78, 5) is 4.23. The van der Waals surface area contributed by atoms with E-state index in [0.717, 1.165) is 5.56 Å². The van der Waals surface area contributed by atoms with Crippen molar-refractivity contribution in [3.63, 3.8) is 0 Å². The minimum absolute atomic E-state index is 1.14. The number of fused-ring (bicyclic) bond motifs is 1. The standard InChI is InChI=1S/C22H19N2/c1-16-6-3-4-8-20(16)22-21-10-9-17(19-7-5-12-23-15-19)14-18(21)11-13-24(22)2/h3-15H,1-2H3/q+1. The van der Waals surface area contributed by atoms with Gasteiger partial charge < -0.3 is 0 Å². The van der Waals surface area contributed by atoms with Crippen LogP contribution in [0.1, 0.15) is 5.56 Å². The molecule has 0 saturated carbocycles. The van der Waals surface area contributed by atoms with Crippen molar-refractivity contribution in [2.24, 2.45) is 7.05 Å². The van der Waals surface area contributed by atoms with Gasteiger partial charge >= 0.3 is 0 Å². The summed E-state index contributed by atoms with van der Waals surface area (Å²) in [7, 11) is 2.11. The average Bonchev–Trinajstić information content (AvgIpc) is 2.63. The molecule has 0 N–H and O–H groups in total. The molecule has 4 aromatic rings. The van der Waals surface area contributed by atoms with Gasteiger partial charge in [-0.1, -0.05) is 30.3 Å². The predicted molar refractivity (Wildman–Crippen MR) is 98.5 cm³/mol. The van der Waals surface area contributed by atoms with Gasteiger partial charge in [-0.25, -0.2) is 4.57 Å². The molecular weight excluding hydrogens is 292 g/mol. The van der Waals surface area contributed by atoms with Crippen molar-refractivity contribution in [1.82, 2.24) is 4.98 Å². The smallest absolute Gasteiger partial charge is 0.220 e. The molecule has 0 radical (unpaired) electrons. The summed E-state index contributed by atoms with van der Waals surface area (Å²) < 4.78 is 2.20. The van der Waals surface area contributed by atoms with Gasteiger partial charge in [0.25, 0.3) is 0 Å². The maximum absolute atomic E-state index is 4.23. The Bertz CT molecular complexity index is 1020. The molecule has 0 spiro atoms. The van der Waals surface area contributed by atoms with Crippen LogP contribution in [0, 0.1) is 6.92 Å². The van der Waals surface area contributed by atoms with E-state index in [1.807, 2.05) is 12.3 Å². The van der Waals surface area contributed by atoms with Crippen molar-refractivity contribution < 1.29 is 4.57 Å². The lowest BCUT2D eigenvalue weighted by atomic mass is 9.97. The van der Waals surface area contributed by atoms with E-state index in [0.29, 0.717) is 0 Å². The Morgan fingerprint density at radius 3 is 2.54 bits per heavy atom. The third-order valence-electron chi connectivity index (χ3n) is 4.53. The lowest BCUT2D eigenvalue weighted by molar-refractivity contribution is -0.659. The van der Waals surface area contributed by atoms with Crippen molar-refractivity contribution in [3.8, 4) is 22.4 Å². The molecule has 2 heteroatoms. The van der Waals surface area contributed by atoms with Gasteiger partial charge in [-0.15, -0.1) is 0 Å². The fourth-order valence-corrected chi connectivity index (χ4v) is 3.26. The molecule has 0 atom stereocenters. The summed E-state index contributed by atoms with van der Waals surface area (Å²) in [6.07, 6.45) is 5.85. The van der Waals surface area contributed by atoms with Gasteiger partial charge in [0.2, 0.25) is 5.69 Å². The molecule has 2 nitrogen and oxygen atoms in total. The van der Waals surface area contributed by atoms with Gasteiger partial charge in [0.05, 0.1) is 5.39 Å². The molecule has 0 aliphatic carbocycles. The van der Waals surface area contributed by atoms with Crippen LogP contribution in [0.15, 0.2) is 79.3 Å². The quantitative estimate of drug-likeness (QED) is 0.490. The van der Waals surface area contributed by atoms with Crippen LogP contribution >= 0.6 is 0 Å². The molecule has 0 unspecified atom stereocenters. The first-order valence-corrected chi connectivity index (χ1v) is 8.13. The molecule has 4 rings (SSSR count). The molecule has 2 aromatic heterocycles. The summed E-state index contributed by atoms with van der Waals surface area (Å²) in [6, 6.07) is 21.4. The highest BCUT2D eigenvalue weighted by atomic mass is 14.9. The van der Waals surface area contributed by atoms with Crippen LogP contribution in [0.2, 0.25) is 0 Å². The molecule has 0 bridgehead atoms. The van der Waals surface area contributed by atoms with Crippen molar-refractivity contribution in [1.29, 1.82) is 0 Å². The lowest BCUT2D eigenvalue weighted by Gasteiger charge is -2.09. The second kappa shape index (κ2) is 5.89. The Hall–Kier alpha value is -3.00. The van der Waals surface area contributed by atoms with Gasteiger partial charge in [0.15, 0.2) is 6.20 Å². The number of hydrogen-bond acceptors (Lipinski definition) is 1. The van der Waals surface area contributed by atoms with Crippen LogP contribution in [0.5, 0.6) is 0 Å². The molecule has 2 aromatic carbocycles. The van der Waals surface area contributed by atoms with Crippen LogP contribution in [0.25, 0.3) is 33.2 Å². The van der Waals surface area contributed by atoms with Gasteiger partial charge in [0.1, 0.15) is 7.05 Å². The van der Waals surface area contributed by atoms with Crippen LogP contribution < -0.4 is 4.57 Å². The first-order valence-electron chi connectivity index (χ1n) is 8.13. The largest absolute Gasteiger partial charge is 0.264 e. The lowest BCUT2D eigenvalue weighted by Crippen LogP contribution is -2.30. The predicted octanol–water partition coefficient (Wildman–Crippen LogP) is 4.70. The first-order chi connectivity index (χ1) is 11.7. The molecule has 0 aliphatic heterocycles. The third kappa shape index (κ3) is 2.46. The van der Waals surface area contributed by atoms with E-state index in [-0.39, 0.29) is 0 Å². The Morgan fingerprint density at radius 1 is 0.875 bits per heavy atom. The number of pyridine rings is 2. The number of hydrogen-bond donors (Lipinski definition) is 0. The van der Waals surface area contributed by atoms with E-state index in [1.54, 1.807) is 6.20 Å². The zero-order valence-electron chi connectivity index (χ0n) is 13.9. The maximum Gasteiger partial charge on any atom is 0.220 e. The van der Waals surface area contributed by atoms with Crippen molar-refractivity contribution in [3.05, 3.63) is 84.8 Å². The summed E-state index contributed by atoms with van der Waals surface area (Å²) in [5.41, 5.74) is 6.16. The van der Waals surface area contributed by atoms with Gasteiger partial charge in [-0.2, -0.15) is 0 Å². The highest BCUT2D eigenvalue weighted by Gasteiger charge is 2.16. The van der Waals surface area contributed by atoms with E-state index in [4.69, 9.17) is 0 Å². The zero-order chi connectivity index (χ0) is 16.5. The fraction of sp³-hybridized carbons (Fsp3) is 0.0909. The molecule has 0 amide bonds. The average molecular weight is 311 g/mol. The van der Waals surface area contributed by atoms with Crippen molar-refractivity contribution in [2.75, 3.05) is 0 Å². The number of aromatic nitrogens is 2. The molecule has 116 valence electrons. The van der Waals surface area contributed by atoms with E-state index in [1.165, 1.54) is 33.2 Å². The molecule has 0 aliphatic rings. The summed E-state index contributed by atoms with van der Waals surface area (Å²) in [5.74, 6) is 0. The normalized spacial score (nSPS) is 10.9. The molecular formula is C22H19N2+. The molecule has 2 heterocycles. The Balaban J connectivity index is 1.96. The summed E-state index contributed by atoms with van der Waals surface area (Å²) in [6.45, 7) is 2.16. The third-order valence-corrected chi connectivity index (χ3v) is 4.53. The highest BCUT2D eigenvalue weighted by Crippen LogP contribution is 2.30. The zero-order valence-corrected chi connectivity index (χ0v) is 13.9. The monoisotopic (exact) mass is 311 g/mol. The SMILES string of the molecule is Cc1ccccc1-c1c2ccc(-c3cccnc3)cc2cc[n+]1C. The topological polar surface area (TPSA) is 16.8 Å². The molecule has 0 fully saturated rings. The van der Waals surface area contributed by atoms with Crippen LogP contribution in [0.4, 0.5) is 0 Å². The number of aryl methyl sites for hydroxylation is 2. The van der Waals surface area contributed by atoms with Crippen molar-refractivity contribution >= 4 is 10.8 Å². The van der Waals surface area contributed by atoms with E-state index in [2.05, 4.69) is 84.3 Å². The highest BCUT2D eigenvalue weighted by molar-refractivity contribution is 5.95. The Labute approximate surface area is 142 Å². The fourth-order valence-electron chi connectivity index (χ4n) is 3.26. The molecule has 0 saturated heterocycles. The first kappa shape index (κ1) is 14.6. The minimum Gasteiger partial charge on any atom is -0.264 e. The van der Waals surface area contributed by atoms with Gasteiger partial charge in [-0.05, 0) is 47.7 Å². The van der Waals surface area contributed by atoms with E-state index in [9.17, 15) is 0 Å². The summed E-state index contributed by atoms with van der Waals surface area (Å²) in [5, 5.41) is 2.51. The Morgan fingerprint density at radius 2 is 1.75 bits per heavy atom. The van der Waals surface area contributed by atoms with Crippen LogP contribution in [-0.2, 0) is 7.05 Å². The second-order valence-corrected chi connectivity index (χ2v) is 6.13. The second-order valence-electron chi connectivity index (χ2n) is 6.13. The molecule has 24 heavy (non-hydrogen) atoms. The number of benzene rings is 2. The van der Waals surface area contributed by atoms with Gasteiger partial charge in [-0.3, -0.25) is 4.98 Å². The Kier molecular flexibility index (Phi) is 3.58. The summed E-state index contributed by atoms with van der Waals surface area (Å²) >= 11 is 0.